The average molecular weight is 582 g/mol. The molecule has 12 heteroatoms. The van der Waals surface area contributed by atoms with Crippen LogP contribution < -0.4 is 30.7 Å². The number of hydroxylamine groups is 1. The Balaban J connectivity index is 1.43. The molecule has 2 aliphatic rings. The summed E-state index contributed by atoms with van der Waals surface area (Å²) >= 11 is 5.96. The minimum atomic E-state index is -0.403. The van der Waals surface area contributed by atoms with E-state index >= 15 is 0 Å². The van der Waals surface area contributed by atoms with E-state index in [-0.39, 0.29) is 11.9 Å². The van der Waals surface area contributed by atoms with Crippen molar-refractivity contribution in [2.45, 2.75) is 31.3 Å². The average Bonchev–Trinajstić information content (AvgIpc) is 3.47. The molecule has 3 aromatic rings. The molecule has 5 rings (SSSR count). The molecule has 1 aromatic heterocycles. The number of nitrogens with zero attached hydrogens (tertiary/aromatic N) is 4. The molecule has 2 saturated heterocycles. The zero-order valence-electron chi connectivity index (χ0n) is 23.0. The first kappa shape index (κ1) is 28.6. The highest BCUT2D eigenvalue weighted by molar-refractivity contribution is 6.30. The Kier molecular flexibility index (Phi) is 8.87. The molecule has 2 aromatic carbocycles. The molecule has 0 saturated carbocycles. The van der Waals surface area contributed by atoms with Crippen molar-refractivity contribution < 1.29 is 18.8 Å². The molecule has 0 aliphatic carbocycles. The van der Waals surface area contributed by atoms with Gasteiger partial charge >= 0.3 is 0 Å². The summed E-state index contributed by atoms with van der Waals surface area (Å²) in [5.41, 5.74) is 2.54. The van der Waals surface area contributed by atoms with Crippen LogP contribution in [0, 0.1) is 5.82 Å². The number of ether oxygens (including phenoxy) is 1. The predicted molar refractivity (Wildman–Crippen MR) is 159 cm³/mol. The second kappa shape index (κ2) is 12.7. The number of halogens is 2. The van der Waals surface area contributed by atoms with Gasteiger partial charge in [0.2, 0.25) is 5.91 Å². The molecule has 41 heavy (non-hydrogen) atoms. The standard InChI is InChI=1S/C29H33ClFN7O3/c1-4-29(39)36-22-14-23(26(40-3)15-25(22)37-10-7-19(32-2)8-11-37)35-27-16-28(34-17-33-27)38-24(9-12-41-38)20-6-5-18(30)13-21(20)31/h4-6,13-17,19,24,32H,1,7-12H2,2-3H3,(H,36,39)(H,33,34,35)/t24-/m1/s1. The summed E-state index contributed by atoms with van der Waals surface area (Å²) in [6.07, 6.45) is 5.19. The summed E-state index contributed by atoms with van der Waals surface area (Å²) in [7, 11) is 3.57. The van der Waals surface area contributed by atoms with Gasteiger partial charge in [0.25, 0.3) is 0 Å². The molecule has 3 heterocycles. The molecule has 0 radical (unpaired) electrons. The van der Waals surface area contributed by atoms with E-state index in [1.54, 1.807) is 30.4 Å². The van der Waals surface area contributed by atoms with E-state index in [1.807, 2.05) is 19.2 Å². The third-order valence-electron chi connectivity index (χ3n) is 7.37. The van der Waals surface area contributed by atoms with Gasteiger partial charge in [0.1, 0.15) is 23.7 Å². The molecular formula is C29H33ClFN7O3. The van der Waals surface area contributed by atoms with Gasteiger partial charge in [-0.25, -0.2) is 19.4 Å². The Hall–Kier alpha value is -3.93. The van der Waals surface area contributed by atoms with E-state index in [2.05, 4.69) is 37.4 Å². The van der Waals surface area contributed by atoms with Crippen LogP contribution in [0.1, 0.15) is 30.9 Å². The number of carbonyl (C=O) groups excluding carboxylic acids is 1. The maximum Gasteiger partial charge on any atom is 0.247 e. The maximum absolute atomic E-state index is 14.7. The molecule has 0 bridgehead atoms. The SMILES string of the molecule is C=CC(=O)Nc1cc(Nc2cc(N3OCC[C@@H]3c3ccc(Cl)cc3F)ncn2)c(OC)cc1N1CCC(NC)CC1. The topological polar surface area (TPSA) is 104 Å². The molecule has 0 unspecified atom stereocenters. The van der Waals surface area contributed by atoms with Crippen LogP contribution in [0.4, 0.5) is 33.1 Å². The molecule has 10 nitrogen and oxygen atoms in total. The van der Waals surface area contributed by atoms with Crippen LogP contribution in [-0.4, -0.2) is 55.8 Å². The number of aromatic nitrogens is 2. The van der Waals surface area contributed by atoms with E-state index in [1.165, 1.54) is 18.5 Å². The van der Waals surface area contributed by atoms with Gasteiger partial charge in [-0.15, -0.1) is 0 Å². The number of nitrogens with one attached hydrogen (secondary N) is 3. The van der Waals surface area contributed by atoms with Gasteiger partial charge in [-0.3, -0.25) is 9.63 Å². The highest BCUT2D eigenvalue weighted by Gasteiger charge is 2.31. The first-order valence-corrected chi connectivity index (χ1v) is 13.8. The third-order valence-corrected chi connectivity index (χ3v) is 7.61. The van der Waals surface area contributed by atoms with E-state index in [0.717, 1.165) is 31.6 Å². The van der Waals surface area contributed by atoms with Crippen molar-refractivity contribution in [2.24, 2.45) is 0 Å². The Morgan fingerprint density at radius 2 is 1.98 bits per heavy atom. The number of rotatable bonds is 9. The van der Waals surface area contributed by atoms with E-state index < -0.39 is 5.82 Å². The Labute approximate surface area is 243 Å². The molecule has 3 N–H and O–H groups in total. The van der Waals surface area contributed by atoms with Crippen molar-refractivity contribution in [1.82, 2.24) is 15.3 Å². The summed E-state index contributed by atoms with van der Waals surface area (Å²) in [5, 5.41) is 11.5. The quantitative estimate of drug-likeness (QED) is 0.294. The van der Waals surface area contributed by atoms with Gasteiger partial charge in [-0.2, -0.15) is 0 Å². The minimum absolute atomic E-state index is 0.316. The second-order valence-corrected chi connectivity index (χ2v) is 10.3. The van der Waals surface area contributed by atoms with Gasteiger partial charge in [0.05, 0.1) is 36.8 Å². The van der Waals surface area contributed by atoms with Gasteiger partial charge in [-0.1, -0.05) is 24.2 Å². The smallest absolute Gasteiger partial charge is 0.247 e. The lowest BCUT2D eigenvalue weighted by Crippen LogP contribution is -2.41. The van der Waals surface area contributed by atoms with Gasteiger partial charge in [0.15, 0.2) is 5.82 Å². The zero-order chi connectivity index (χ0) is 28.9. The number of amides is 1. The van der Waals surface area contributed by atoms with Crippen LogP contribution in [0.25, 0.3) is 0 Å². The van der Waals surface area contributed by atoms with Crippen molar-refractivity contribution in [2.75, 3.05) is 54.5 Å². The highest BCUT2D eigenvalue weighted by atomic mass is 35.5. The summed E-state index contributed by atoms with van der Waals surface area (Å²) in [6, 6.07) is 10.1. The minimum Gasteiger partial charge on any atom is -0.494 e. The number of anilines is 5. The number of carbonyl (C=O) groups is 1. The monoisotopic (exact) mass is 581 g/mol. The fourth-order valence-corrected chi connectivity index (χ4v) is 5.37. The molecule has 216 valence electrons. The molecule has 1 amide bonds. The predicted octanol–water partition coefficient (Wildman–Crippen LogP) is 5.22. The summed E-state index contributed by atoms with van der Waals surface area (Å²) in [6.45, 7) is 5.67. The molecular weight excluding hydrogens is 549 g/mol. The Bertz CT molecular complexity index is 1420. The summed E-state index contributed by atoms with van der Waals surface area (Å²) in [5.74, 6) is 0.777. The van der Waals surface area contributed by atoms with Crippen LogP contribution in [0.2, 0.25) is 5.02 Å². The number of hydrogen-bond donors (Lipinski definition) is 3. The lowest BCUT2D eigenvalue weighted by Gasteiger charge is -2.35. The summed E-state index contributed by atoms with van der Waals surface area (Å²) < 4.78 is 20.5. The first-order chi connectivity index (χ1) is 19.9. The van der Waals surface area contributed by atoms with Gasteiger partial charge < -0.3 is 25.6 Å². The number of methoxy groups -OCH3 is 1. The number of benzene rings is 2. The van der Waals surface area contributed by atoms with Gasteiger partial charge in [-0.05, 0) is 44.2 Å². The van der Waals surface area contributed by atoms with E-state index in [0.29, 0.717) is 58.4 Å². The third kappa shape index (κ3) is 6.37. The number of hydrogen-bond acceptors (Lipinski definition) is 9. The first-order valence-electron chi connectivity index (χ1n) is 13.4. The number of piperidine rings is 1. The molecule has 2 aliphatic heterocycles. The van der Waals surface area contributed by atoms with Crippen molar-refractivity contribution in [3.63, 3.8) is 0 Å². The van der Waals surface area contributed by atoms with Crippen LogP contribution in [-0.2, 0) is 9.63 Å². The summed E-state index contributed by atoms with van der Waals surface area (Å²) in [4.78, 5) is 29.2. The van der Waals surface area contributed by atoms with Gasteiger partial charge in [0, 0.05) is 48.3 Å². The molecule has 2 fully saturated rings. The van der Waals surface area contributed by atoms with Crippen molar-refractivity contribution in [1.29, 1.82) is 0 Å². The van der Waals surface area contributed by atoms with Crippen molar-refractivity contribution >= 4 is 46.2 Å². The van der Waals surface area contributed by atoms with Crippen molar-refractivity contribution in [3.8, 4) is 5.75 Å². The molecule has 1 atom stereocenters. The van der Waals surface area contributed by atoms with E-state index in [9.17, 15) is 9.18 Å². The maximum atomic E-state index is 14.7. The van der Waals surface area contributed by atoms with E-state index in [4.69, 9.17) is 21.2 Å². The lowest BCUT2D eigenvalue weighted by atomic mass is 10.0. The van der Waals surface area contributed by atoms with Crippen LogP contribution in [0.15, 0.2) is 55.4 Å². The Morgan fingerprint density at radius 1 is 1.17 bits per heavy atom. The lowest BCUT2D eigenvalue weighted by molar-refractivity contribution is -0.111. The fourth-order valence-electron chi connectivity index (χ4n) is 5.21. The fraction of sp³-hybridized carbons (Fsp3) is 0.345. The second-order valence-electron chi connectivity index (χ2n) is 9.83. The van der Waals surface area contributed by atoms with Crippen LogP contribution >= 0.6 is 11.6 Å². The molecule has 0 spiro atoms. The highest BCUT2D eigenvalue weighted by Crippen LogP contribution is 2.40. The van der Waals surface area contributed by atoms with Crippen LogP contribution in [0.3, 0.4) is 0 Å². The van der Waals surface area contributed by atoms with Crippen molar-refractivity contribution in [3.05, 3.63) is 71.8 Å². The van der Waals surface area contributed by atoms with Crippen LogP contribution in [0.5, 0.6) is 5.75 Å². The Morgan fingerprint density at radius 3 is 2.68 bits per heavy atom. The largest absolute Gasteiger partial charge is 0.494 e. The normalized spacial score (nSPS) is 17.4. The zero-order valence-corrected chi connectivity index (χ0v) is 23.7.